The third kappa shape index (κ3) is 6.92. The van der Waals surface area contributed by atoms with Gasteiger partial charge in [-0.25, -0.2) is 0 Å². The third-order valence-electron chi connectivity index (χ3n) is 8.34. The number of nitrogens with two attached hydrogens (primary N) is 1. The molecule has 3 N–H and O–H groups in total. The van der Waals surface area contributed by atoms with Crippen LogP contribution >= 0.6 is 11.6 Å². The van der Waals surface area contributed by atoms with E-state index in [0.717, 1.165) is 38.0 Å². The second kappa shape index (κ2) is 13.0. The zero-order valence-electron chi connectivity index (χ0n) is 23.1. The van der Waals surface area contributed by atoms with Gasteiger partial charge in [-0.2, -0.15) is 0 Å². The van der Waals surface area contributed by atoms with Crippen molar-refractivity contribution < 1.29 is 9.59 Å². The van der Waals surface area contributed by atoms with E-state index < -0.39 is 12.1 Å². The highest BCUT2D eigenvalue weighted by Crippen LogP contribution is 2.35. The zero-order valence-corrected chi connectivity index (χ0v) is 23.8. The Morgan fingerprint density at radius 3 is 2.27 bits per heavy atom. The Hall–Kier alpha value is -3.19. The Morgan fingerprint density at radius 1 is 0.950 bits per heavy atom. The molecule has 0 bridgehead atoms. The van der Waals surface area contributed by atoms with Gasteiger partial charge in [0, 0.05) is 43.0 Å². The molecular formula is C33H39ClN4O2. The summed E-state index contributed by atoms with van der Waals surface area (Å²) >= 11 is 6.24. The van der Waals surface area contributed by atoms with E-state index in [-0.39, 0.29) is 23.8 Å². The van der Waals surface area contributed by atoms with E-state index in [1.807, 2.05) is 35.2 Å². The van der Waals surface area contributed by atoms with Gasteiger partial charge in [-0.15, -0.1) is 0 Å². The Kier molecular flexibility index (Phi) is 9.20. The lowest BCUT2D eigenvalue weighted by Gasteiger charge is -2.32. The molecule has 2 aliphatic heterocycles. The molecule has 5 atom stereocenters. The van der Waals surface area contributed by atoms with Crippen LogP contribution in [-0.4, -0.2) is 65.9 Å². The number of carbonyl (C=O) groups is 2. The summed E-state index contributed by atoms with van der Waals surface area (Å²) in [5.74, 6) is 0.369. The highest BCUT2D eigenvalue weighted by atomic mass is 35.5. The molecule has 210 valence electrons. The van der Waals surface area contributed by atoms with Gasteiger partial charge in [0.05, 0.1) is 6.04 Å². The molecule has 3 aromatic rings. The lowest BCUT2D eigenvalue weighted by Crippen LogP contribution is -2.55. The molecular weight excluding hydrogens is 520 g/mol. The first-order valence-corrected chi connectivity index (χ1v) is 14.7. The summed E-state index contributed by atoms with van der Waals surface area (Å²) in [4.78, 5) is 31.5. The number of hydrogen-bond donors (Lipinski definition) is 2. The maximum Gasteiger partial charge on any atom is 0.245 e. The van der Waals surface area contributed by atoms with E-state index in [4.69, 9.17) is 17.3 Å². The van der Waals surface area contributed by atoms with Crippen LogP contribution in [0.3, 0.4) is 0 Å². The molecule has 0 radical (unpaired) electrons. The molecule has 2 heterocycles. The van der Waals surface area contributed by atoms with Gasteiger partial charge in [0.2, 0.25) is 11.8 Å². The monoisotopic (exact) mass is 558 g/mol. The smallest absolute Gasteiger partial charge is 0.245 e. The summed E-state index contributed by atoms with van der Waals surface area (Å²) in [6.45, 7) is 5.09. The molecule has 7 heteroatoms. The van der Waals surface area contributed by atoms with Crippen LogP contribution in [0.2, 0.25) is 5.02 Å². The summed E-state index contributed by atoms with van der Waals surface area (Å²) in [5.41, 5.74) is 9.41. The van der Waals surface area contributed by atoms with E-state index >= 15 is 0 Å². The summed E-state index contributed by atoms with van der Waals surface area (Å²) in [6.07, 6.45) is 2.37. The average molecular weight is 559 g/mol. The quantitative estimate of drug-likeness (QED) is 0.403. The SMILES string of the molecule is CC(N)C(=O)N[C@@H](Cc1cccc(Cl)c1)C(=O)N1C[C@@H](c2ccccc2)C[C@H]1CN1CC[C@@H](c2ccccc2)C1. The number of amides is 2. The number of hydrogen-bond acceptors (Lipinski definition) is 4. The number of rotatable bonds is 9. The molecule has 2 amide bonds. The van der Waals surface area contributed by atoms with Crippen LogP contribution in [0.25, 0.3) is 0 Å². The summed E-state index contributed by atoms with van der Waals surface area (Å²) < 4.78 is 0. The van der Waals surface area contributed by atoms with Crippen molar-refractivity contribution in [2.75, 3.05) is 26.2 Å². The fourth-order valence-electron chi connectivity index (χ4n) is 6.22. The maximum absolute atomic E-state index is 14.3. The summed E-state index contributed by atoms with van der Waals surface area (Å²) in [6, 6.07) is 27.2. The molecule has 2 aliphatic rings. The first-order valence-electron chi connectivity index (χ1n) is 14.3. The first kappa shape index (κ1) is 28.3. The Bertz CT molecular complexity index is 1290. The molecule has 1 unspecified atom stereocenters. The second-order valence-electron chi connectivity index (χ2n) is 11.3. The summed E-state index contributed by atoms with van der Waals surface area (Å²) in [7, 11) is 0. The lowest BCUT2D eigenvalue weighted by molar-refractivity contribution is -0.137. The molecule has 0 spiro atoms. The molecule has 0 aliphatic carbocycles. The zero-order chi connectivity index (χ0) is 28.1. The van der Waals surface area contributed by atoms with Crippen LogP contribution in [0.1, 0.15) is 48.3 Å². The van der Waals surface area contributed by atoms with Crippen molar-refractivity contribution in [2.24, 2.45) is 5.73 Å². The van der Waals surface area contributed by atoms with Gasteiger partial charge in [0.15, 0.2) is 0 Å². The van der Waals surface area contributed by atoms with Crippen molar-refractivity contribution in [1.82, 2.24) is 15.1 Å². The van der Waals surface area contributed by atoms with Gasteiger partial charge >= 0.3 is 0 Å². The number of likely N-dealkylation sites (tertiary alicyclic amines) is 2. The van der Waals surface area contributed by atoms with Crippen LogP contribution in [-0.2, 0) is 16.0 Å². The van der Waals surface area contributed by atoms with Crippen molar-refractivity contribution in [3.8, 4) is 0 Å². The molecule has 6 nitrogen and oxygen atoms in total. The van der Waals surface area contributed by atoms with E-state index in [1.54, 1.807) is 6.92 Å². The van der Waals surface area contributed by atoms with E-state index in [9.17, 15) is 9.59 Å². The fraction of sp³-hybridized carbons (Fsp3) is 0.394. The molecule has 0 saturated carbocycles. The number of nitrogens with one attached hydrogen (secondary N) is 1. The second-order valence-corrected chi connectivity index (χ2v) is 11.8. The topological polar surface area (TPSA) is 78.7 Å². The van der Waals surface area contributed by atoms with Gasteiger partial charge in [0.1, 0.15) is 6.04 Å². The van der Waals surface area contributed by atoms with Gasteiger partial charge in [0.25, 0.3) is 0 Å². The van der Waals surface area contributed by atoms with Crippen LogP contribution in [0.15, 0.2) is 84.9 Å². The number of benzene rings is 3. The fourth-order valence-corrected chi connectivity index (χ4v) is 6.44. The standard InChI is InChI=1S/C33H39ClN4O2/c1-23(35)32(39)36-31(18-24-9-8-14-29(34)17-24)33(40)38-21-28(26-12-6-3-7-13-26)19-30(38)22-37-16-15-27(20-37)25-10-4-2-5-11-25/h2-14,17,23,27-28,30-31H,15-16,18-22,35H2,1H3,(H,36,39)/t23?,27-,28+,30+,31+/m1/s1. The Morgan fingerprint density at radius 2 is 1.62 bits per heavy atom. The third-order valence-corrected chi connectivity index (χ3v) is 8.57. The van der Waals surface area contributed by atoms with Crippen LogP contribution in [0.5, 0.6) is 0 Å². The van der Waals surface area contributed by atoms with E-state index in [2.05, 4.69) is 64.8 Å². The highest BCUT2D eigenvalue weighted by molar-refractivity contribution is 6.30. The molecule has 0 aromatic heterocycles. The largest absolute Gasteiger partial charge is 0.343 e. The summed E-state index contributed by atoms with van der Waals surface area (Å²) in [5, 5.41) is 3.55. The first-order chi connectivity index (χ1) is 19.4. The van der Waals surface area contributed by atoms with Crippen LogP contribution in [0, 0.1) is 0 Å². The van der Waals surface area contributed by atoms with Crippen molar-refractivity contribution in [2.45, 2.75) is 56.1 Å². The minimum absolute atomic E-state index is 0.0568. The minimum atomic E-state index is -0.718. The van der Waals surface area contributed by atoms with Crippen molar-refractivity contribution in [3.63, 3.8) is 0 Å². The number of nitrogens with zero attached hydrogens (tertiary/aromatic N) is 2. The minimum Gasteiger partial charge on any atom is -0.343 e. The van der Waals surface area contributed by atoms with Gasteiger partial charge in [-0.3, -0.25) is 9.59 Å². The normalized spacial score (nSPS) is 22.7. The van der Waals surface area contributed by atoms with Crippen molar-refractivity contribution >= 4 is 23.4 Å². The predicted molar refractivity (Wildman–Crippen MR) is 160 cm³/mol. The molecule has 40 heavy (non-hydrogen) atoms. The predicted octanol–water partition coefficient (Wildman–Crippen LogP) is 4.59. The lowest BCUT2D eigenvalue weighted by atomic mass is 9.96. The average Bonchev–Trinajstić information content (AvgIpc) is 3.61. The van der Waals surface area contributed by atoms with E-state index in [0.29, 0.717) is 23.9 Å². The molecule has 3 aromatic carbocycles. The maximum atomic E-state index is 14.3. The van der Waals surface area contributed by atoms with Gasteiger partial charge in [-0.05, 0) is 61.1 Å². The van der Waals surface area contributed by atoms with Gasteiger partial charge in [-0.1, -0.05) is 84.4 Å². The number of halogens is 1. The van der Waals surface area contributed by atoms with Crippen molar-refractivity contribution in [1.29, 1.82) is 0 Å². The van der Waals surface area contributed by atoms with Crippen LogP contribution in [0.4, 0.5) is 0 Å². The molecule has 2 saturated heterocycles. The van der Waals surface area contributed by atoms with Gasteiger partial charge < -0.3 is 20.9 Å². The van der Waals surface area contributed by atoms with E-state index in [1.165, 1.54) is 11.1 Å². The molecule has 5 rings (SSSR count). The number of carbonyl (C=O) groups excluding carboxylic acids is 2. The highest BCUT2D eigenvalue weighted by Gasteiger charge is 2.40. The van der Waals surface area contributed by atoms with Crippen molar-refractivity contribution in [3.05, 3.63) is 107 Å². The van der Waals surface area contributed by atoms with Crippen LogP contribution < -0.4 is 11.1 Å². The Balaban J connectivity index is 1.37. The molecule has 2 fully saturated rings. The Labute approximate surface area is 242 Å².